The summed E-state index contributed by atoms with van der Waals surface area (Å²) in [6.45, 7) is 1.84. The minimum Gasteiger partial charge on any atom is -0.326 e. The molecule has 0 saturated heterocycles. The lowest BCUT2D eigenvalue weighted by Crippen LogP contribution is -2.27. The van der Waals surface area contributed by atoms with E-state index in [4.69, 9.17) is 4.99 Å². The topological polar surface area (TPSA) is 65.8 Å². The quantitative estimate of drug-likeness (QED) is 0.823. The molecule has 0 aromatic heterocycles. The third kappa shape index (κ3) is 5.75. The highest BCUT2D eigenvalue weighted by Crippen LogP contribution is 2.22. The number of carbonyl (C=O) groups excluding carboxylic acids is 1. The van der Waals surface area contributed by atoms with E-state index >= 15 is 0 Å². The zero-order valence-electron chi connectivity index (χ0n) is 14.5. The number of amidine groups is 1. The van der Waals surface area contributed by atoms with Crippen molar-refractivity contribution < 1.29 is 4.79 Å². The highest BCUT2D eigenvalue weighted by Gasteiger charge is 2.17. The van der Waals surface area contributed by atoms with Crippen LogP contribution in [0.5, 0.6) is 0 Å². The van der Waals surface area contributed by atoms with Crippen LogP contribution in [0.15, 0.2) is 34.4 Å². The van der Waals surface area contributed by atoms with E-state index < -0.39 is 0 Å². The fraction of sp³-hybridized carbons (Fsp3) is 0.500. The molecule has 1 saturated carbocycles. The molecular formula is C18H25ClN4OS. The number of anilines is 1. The molecule has 0 bridgehead atoms. The van der Waals surface area contributed by atoms with Gasteiger partial charge in [-0.1, -0.05) is 50.1 Å². The van der Waals surface area contributed by atoms with Gasteiger partial charge >= 0.3 is 0 Å². The molecule has 1 amide bonds. The number of nitrogens with zero attached hydrogens (tertiary/aromatic N) is 2. The van der Waals surface area contributed by atoms with Crippen LogP contribution >= 0.6 is 24.2 Å². The number of benzene rings is 1. The van der Waals surface area contributed by atoms with Crippen LogP contribution < -0.4 is 10.7 Å². The first-order chi connectivity index (χ1) is 11.7. The number of rotatable bonds is 4. The number of amides is 1. The molecule has 5 nitrogen and oxygen atoms in total. The zero-order valence-corrected chi connectivity index (χ0v) is 16.1. The average Bonchev–Trinajstić information content (AvgIpc) is 2.64. The molecule has 0 spiro atoms. The maximum absolute atomic E-state index is 11.4. The van der Waals surface area contributed by atoms with Gasteiger partial charge in [0.2, 0.25) is 5.91 Å². The Hall–Kier alpha value is -1.53. The minimum atomic E-state index is 0. The monoisotopic (exact) mass is 380 g/mol. The molecule has 2 N–H and O–H groups in total. The Kier molecular flexibility index (Phi) is 7.78. The molecule has 1 aromatic rings. The van der Waals surface area contributed by atoms with Crippen LogP contribution in [-0.2, 0) is 4.79 Å². The Morgan fingerprint density at radius 3 is 2.60 bits per heavy atom. The van der Waals surface area contributed by atoms with Crippen LogP contribution in [0, 0.1) is 0 Å². The van der Waals surface area contributed by atoms with Crippen molar-refractivity contribution in [2.75, 3.05) is 11.1 Å². The average molecular weight is 381 g/mol. The third-order valence-corrected chi connectivity index (χ3v) is 5.22. The normalized spacial score (nSPS) is 19.6. The summed E-state index contributed by atoms with van der Waals surface area (Å²) >= 11 is 1.72. The SMILES string of the molecule is CCC(=O)Nc1ccc(C2=NNC(=NC3CCCCC3)SC2)cc1.Cl. The van der Waals surface area contributed by atoms with Gasteiger partial charge in [-0.05, 0) is 30.5 Å². The van der Waals surface area contributed by atoms with Gasteiger partial charge in [0, 0.05) is 17.9 Å². The minimum absolute atomic E-state index is 0. The summed E-state index contributed by atoms with van der Waals surface area (Å²) in [5, 5.41) is 8.28. The highest BCUT2D eigenvalue weighted by molar-refractivity contribution is 8.14. The molecule has 1 fully saturated rings. The molecule has 0 radical (unpaired) electrons. The second kappa shape index (κ2) is 9.82. The van der Waals surface area contributed by atoms with Gasteiger partial charge in [-0.3, -0.25) is 15.2 Å². The number of hydrogen-bond donors (Lipinski definition) is 2. The van der Waals surface area contributed by atoms with Crippen LogP contribution in [0.3, 0.4) is 0 Å². The number of halogens is 1. The van der Waals surface area contributed by atoms with Crippen LogP contribution in [0.1, 0.15) is 51.0 Å². The van der Waals surface area contributed by atoms with Crippen molar-refractivity contribution in [2.24, 2.45) is 10.1 Å². The van der Waals surface area contributed by atoms with Crippen molar-refractivity contribution in [1.29, 1.82) is 0 Å². The molecule has 0 atom stereocenters. The van der Waals surface area contributed by atoms with Crippen molar-refractivity contribution in [1.82, 2.24) is 5.43 Å². The second-order valence-electron chi connectivity index (χ2n) is 6.16. The number of aliphatic imine (C=N–C) groups is 1. The fourth-order valence-electron chi connectivity index (χ4n) is 2.90. The Morgan fingerprint density at radius 2 is 2.00 bits per heavy atom. The Bertz CT molecular complexity index is 639. The van der Waals surface area contributed by atoms with Gasteiger partial charge in [0.25, 0.3) is 0 Å². The van der Waals surface area contributed by atoms with E-state index in [9.17, 15) is 4.79 Å². The maximum atomic E-state index is 11.4. The van der Waals surface area contributed by atoms with Crippen molar-refractivity contribution in [2.45, 2.75) is 51.5 Å². The van der Waals surface area contributed by atoms with Crippen LogP contribution in [0.2, 0.25) is 0 Å². The van der Waals surface area contributed by atoms with Crippen LogP contribution in [0.25, 0.3) is 0 Å². The summed E-state index contributed by atoms with van der Waals surface area (Å²) in [5.41, 5.74) is 6.00. The number of carbonyl (C=O) groups is 1. The molecule has 7 heteroatoms. The van der Waals surface area contributed by atoms with Gasteiger partial charge in [0.15, 0.2) is 5.17 Å². The Morgan fingerprint density at radius 1 is 1.28 bits per heavy atom. The van der Waals surface area contributed by atoms with Crippen LogP contribution in [0.4, 0.5) is 5.69 Å². The number of hydrogen-bond acceptors (Lipinski definition) is 4. The van der Waals surface area contributed by atoms with Crippen molar-refractivity contribution in [3.63, 3.8) is 0 Å². The van der Waals surface area contributed by atoms with E-state index in [1.807, 2.05) is 31.2 Å². The van der Waals surface area contributed by atoms with E-state index in [2.05, 4.69) is 15.8 Å². The molecule has 2 aliphatic rings. The van der Waals surface area contributed by atoms with E-state index in [-0.39, 0.29) is 18.3 Å². The lowest BCUT2D eigenvalue weighted by molar-refractivity contribution is -0.115. The van der Waals surface area contributed by atoms with Gasteiger partial charge < -0.3 is 5.32 Å². The number of hydrazone groups is 1. The van der Waals surface area contributed by atoms with E-state index in [1.54, 1.807) is 11.8 Å². The smallest absolute Gasteiger partial charge is 0.224 e. The Labute approximate surface area is 159 Å². The van der Waals surface area contributed by atoms with Crippen molar-refractivity contribution in [3.8, 4) is 0 Å². The van der Waals surface area contributed by atoms with E-state index in [1.165, 1.54) is 32.1 Å². The predicted octanol–water partition coefficient (Wildman–Crippen LogP) is 4.19. The molecule has 1 aliphatic carbocycles. The Balaban J connectivity index is 0.00000225. The van der Waals surface area contributed by atoms with Gasteiger partial charge in [0.1, 0.15) is 0 Å². The number of nitrogens with one attached hydrogen (secondary N) is 2. The first kappa shape index (κ1) is 19.8. The van der Waals surface area contributed by atoms with Gasteiger partial charge in [-0.2, -0.15) is 5.10 Å². The molecule has 1 aliphatic heterocycles. The molecular weight excluding hydrogens is 356 g/mol. The highest BCUT2D eigenvalue weighted by atomic mass is 35.5. The molecule has 1 aromatic carbocycles. The maximum Gasteiger partial charge on any atom is 0.224 e. The summed E-state index contributed by atoms with van der Waals surface area (Å²) < 4.78 is 0. The molecule has 136 valence electrons. The molecule has 1 heterocycles. The zero-order chi connectivity index (χ0) is 16.8. The summed E-state index contributed by atoms with van der Waals surface area (Å²) in [6.07, 6.45) is 6.82. The lowest BCUT2D eigenvalue weighted by atomic mass is 9.96. The first-order valence-electron chi connectivity index (χ1n) is 8.68. The summed E-state index contributed by atoms with van der Waals surface area (Å²) in [4.78, 5) is 16.2. The first-order valence-corrected chi connectivity index (χ1v) is 9.66. The van der Waals surface area contributed by atoms with Gasteiger partial charge in [-0.15, -0.1) is 12.4 Å². The summed E-state index contributed by atoms with van der Waals surface area (Å²) in [5.74, 6) is 0.845. The van der Waals surface area contributed by atoms with Gasteiger partial charge in [-0.25, -0.2) is 0 Å². The molecule has 25 heavy (non-hydrogen) atoms. The second-order valence-corrected chi connectivity index (χ2v) is 7.13. The molecule has 3 rings (SSSR count). The standard InChI is InChI=1S/C18H24N4OS.ClH/c1-2-17(23)19-15-10-8-13(9-11-15)16-12-24-18(22-21-16)20-14-6-4-3-5-7-14;/h8-11,14H,2-7,12H2,1H3,(H,19,23)(H,20,22);1H. The third-order valence-electron chi connectivity index (χ3n) is 4.33. The van der Waals surface area contributed by atoms with Gasteiger partial charge in [0.05, 0.1) is 11.8 Å². The van der Waals surface area contributed by atoms with Crippen molar-refractivity contribution in [3.05, 3.63) is 29.8 Å². The largest absolute Gasteiger partial charge is 0.326 e. The van der Waals surface area contributed by atoms with E-state index in [0.717, 1.165) is 27.9 Å². The summed E-state index contributed by atoms with van der Waals surface area (Å²) in [7, 11) is 0. The van der Waals surface area contributed by atoms with Crippen LogP contribution in [-0.4, -0.2) is 28.6 Å². The number of thioether (sulfide) groups is 1. The predicted molar refractivity (Wildman–Crippen MR) is 109 cm³/mol. The summed E-state index contributed by atoms with van der Waals surface area (Å²) in [6, 6.07) is 8.29. The molecule has 0 unspecified atom stereocenters. The van der Waals surface area contributed by atoms with E-state index in [0.29, 0.717) is 12.5 Å². The van der Waals surface area contributed by atoms with Crippen molar-refractivity contribution >= 4 is 46.6 Å². The fourth-order valence-corrected chi connectivity index (χ4v) is 3.74. The lowest BCUT2D eigenvalue weighted by Gasteiger charge is -2.21.